The van der Waals surface area contributed by atoms with Crippen LogP contribution in [0.1, 0.15) is 43.3 Å². The molecule has 0 nitrogen and oxygen atoms in total. The first-order valence-electron chi connectivity index (χ1n) is 7.26. The molecule has 1 aliphatic carbocycles. The summed E-state index contributed by atoms with van der Waals surface area (Å²) >= 11 is 8.01. The topological polar surface area (TPSA) is 0 Å². The Bertz CT molecular complexity index is 621. The van der Waals surface area contributed by atoms with Gasteiger partial charge in [0.15, 0.2) is 0 Å². The van der Waals surface area contributed by atoms with E-state index in [1.165, 1.54) is 47.6 Å². The van der Waals surface area contributed by atoms with Gasteiger partial charge in [0.1, 0.15) is 0 Å². The monoisotopic (exact) mass is 364 g/mol. The second-order valence-electron chi connectivity index (χ2n) is 5.64. The molecule has 1 atom stereocenters. The van der Waals surface area contributed by atoms with Crippen LogP contribution in [0.2, 0.25) is 0 Å². The molecule has 1 aliphatic heterocycles. The number of alkyl halides is 1. The molecule has 0 N–H and O–H groups in total. The average molecular weight is 365 g/mol. The molecule has 0 bridgehead atoms. The maximum atomic E-state index is 3.93. The van der Waals surface area contributed by atoms with Crippen LogP contribution >= 0.6 is 39.0 Å². The van der Waals surface area contributed by atoms with Crippen LogP contribution in [0, 0.1) is 0 Å². The second-order valence-corrected chi connectivity index (χ2v) is 8.83. The molecule has 0 spiro atoms. The van der Waals surface area contributed by atoms with Gasteiger partial charge in [-0.3, -0.25) is 0 Å². The number of halogens is 1. The number of thioether (sulfide) groups is 1. The molecular formula is C17H17BrS2. The number of hydrogen-bond acceptors (Lipinski definition) is 2. The van der Waals surface area contributed by atoms with Gasteiger partial charge in [-0.05, 0) is 59.8 Å². The van der Waals surface area contributed by atoms with Crippen molar-refractivity contribution >= 4 is 39.0 Å². The number of hydrogen-bond donors (Lipinski definition) is 0. The molecule has 2 aromatic rings. The zero-order valence-corrected chi connectivity index (χ0v) is 14.5. The van der Waals surface area contributed by atoms with Gasteiger partial charge in [-0.2, -0.15) is 11.8 Å². The molecule has 2 aliphatic rings. The fourth-order valence-corrected chi connectivity index (χ4v) is 6.29. The maximum absolute atomic E-state index is 3.93. The molecule has 2 heterocycles. The lowest BCUT2D eigenvalue weighted by atomic mass is 10.0. The summed E-state index contributed by atoms with van der Waals surface area (Å²) in [6.45, 7) is 0. The Morgan fingerprint density at radius 1 is 1.00 bits per heavy atom. The van der Waals surface area contributed by atoms with E-state index in [1.807, 2.05) is 11.3 Å². The van der Waals surface area contributed by atoms with Crippen molar-refractivity contribution in [3.05, 3.63) is 56.3 Å². The normalized spacial score (nSPS) is 18.6. The van der Waals surface area contributed by atoms with Crippen molar-refractivity contribution in [3.63, 3.8) is 0 Å². The minimum absolute atomic E-state index is 0.369. The standard InChI is InChI=1S/C17H17BrS2/c18-17(13-5-4-11-2-1-3-12(11)8-13)16-9-14-10-19-7-6-15(14)20-16/h4-5,8-9,17H,1-3,6-7,10H2. The van der Waals surface area contributed by atoms with Crippen molar-refractivity contribution in [2.24, 2.45) is 0 Å². The summed E-state index contributed by atoms with van der Waals surface area (Å²) < 4.78 is 0. The molecule has 0 radical (unpaired) electrons. The van der Waals surface area contributed by atoms with Gasteiger partial charge < -0.3 is 0 Å². The lowest BCUT2D eigenvalue weighted by Gasteiger charge is -2.10. The number of benzene rings is 1. The van der Waals surface area contributed by atoms with Crippen LogP contribution in [0.4, 0.5) is 0 Å². The Kier molecular flexibility index (Phi) is 3.69. The highest BCUT2D eigenvalue weighted by atomic mass is 79.9. The van der Waals surface area contributed by atoms with Gasteiger partial charge in [0.05, 0.1) is 4.83 Å². The zero-order valence-electron chi connectivity index (χ0n) is 11.3. The Balaban J connectivity index is 1.66. The highest BCUT2D eigenvalue weighted by molar-refractivity contribution is 9.09. The maximum Gasteiger partial charge on any atom is 0.0738 e. The first-order valence-corrected chi connectivity index (χ1v) is 10.1. The van der Waals surface area contributed by atoms with Crippen LogP contribution in [-0.4, -0.2) is 5.75 Å². The lowest BCUT2D eigenvalue weighted by molar-refractivity contribution is 0.911. The van der Waals surface area contributed by atoms with Gasteiger partial charge in [-0.25, -0.2) is 0 Å². The van der Waals surface area contributed by atoms with E-state index in [0.29, 0.717) is 4.83 Å². The molecule has 104 valence electrons. The van der Waals surface area contributed by atoms with E-state index < -0.39 is 0 Å². The first-order chi connectivity index (χ1) is 9.81. The van der Waals surface area contributed by atoms with Gasteiger partial charge in [0.25, 0.3) is 0 Å². The van der Waals surface area contributed by atoms with Crippen molar-refractivity contribution < 1.29 is 0 Å². The molecule has 4 rings (SSSR count). The van der Waals surface area contributed by atoms with Crippen LogP contribution in [-0.2, 0) is 25.0 Å². The summed E-state index contributed by atoms with van der Waals surface area (Å²) in [4.78, 5) is 3.47. The van der Waals surface area contributed by atoms with Gasteiger partial charge in [-0.1, -0.05) is 34.1 Å². The van der Waals surface area contributed by atoms with Crippen molar-refractivity contribution in [2.45, 2.75) is 36.3 Å². The van der Waals surface area contributed by atoms with Gasteiger partial charge >= 0.3 is 0 Å². The SMILES string of the molecule is BrC(c1ccc2c(c1)CCC2)c1cc2c(s1)CCSC2. The van der Waals surface area contributed by atoms with E-state index in [2.05, 4.69) is 52.0 Å². The molecule has 20 heavy (non-hydrogen) atoms. The van der Waals surface area contributed by atoms with Crippen molar-refractivity contribution in [3.8, 4) is 0 Å². The number of rotatable bonds is 2. The first kappa shape index (κ1) is 13.4. The van der Waals surface area contributed by atoms with Crippen molar-refractivity contribution in [2.75, 3.05) is 5.75 Å². The average Bonchev–Trinajstić information content (AvgIpc) is 3.11. The van der Waals surface area contributed by atoms with Crippen molar-refractivity contribution in [1.82, 2.24) is 0 Å². The zero-order chi connectivity index (χ0) is 13.5. The smallest absolute Gasteiger partial charge is 0.0738 e. The van der Waals surface area contributed by atoms with Crippen LogP contribution in [0.25, 0.3) is 0 Å². The van der Waals surface area contributed by atoms with Crippen LogP contribution in [0.5, 0.6) is 0 Å². The van der Waals surface area contributed by atoms with E-state index in [1.54, 1.807) is 21.6 Å². The van der Waals surface area contributed by atoms with Crippen molar-refractivity contribution in [1.29, 1.82) is 0 Å². The third-order valence-electron chi connectivity index (χ3n) is 4.31. The quantitative estimate of drug-likeness (QED) is 0.633. The highest BCUT2D eigenvalue weighted by Crippen LogP contribution is 2.41. The van der Waals surface area contributed by atoms with E-state index in [4.69, 9.17) is 0 Å². The Labute approximate surface area is 137 Å². The number of aryl methyl sites for hydroxylation is 3. The highest BCUT2D eigenvalue weighted by Gasteiger charge is 2.20. The molecule has 3 heteroatoms. The van der Waals surface area contributed by atoms with Crippen LogP contribution < -0.4 is 0 Å². The number of fused-ring (bicyclic) bond motifs is 2. The minimum atomic E-state index is 0.369. The van der Waals surface area contributed by atoms with E-state index in [9.17, 15) is 0 Å². The van der Waals surface area contributed by atoms with Crippen LogP contribution in [0.15, 0.2) is 24.3 Å². The fraction of sp³-hybridized carbons (Fsp3) is 0.412. The van der Waals surface area contributed by atoms with Gasteiger partial charge in [-0.15, -0.1) is 11.3 Å². The van der Waals surface area contributed by atoms with Gasteiger partial charge in [0, 0.05) is 15.5 Å². The molecular weight excluding hydrogens is 348 g/mol. The molecule has 0 amide bonds. The van der Waals surface area contributed by atoms with Gasteiger partial charge in [0.2, 0.25) is 0 Å². The predicted molar refractivity (Wildman–Crippen MR) is 93.4 cm³/mol. The third-order valence-corrected chi connectivity index (χ3v) is 7.95. The largest absolute Gasteiger partial charge is 0.157 e. The summed E-state index contributed by atoms with van der Waals surface area (Å²) in [7, 11) is 0. The lowest BCUT2D eigenvalue weighted by Crippen LogP contribution is -1.96. The summed E-state index contributed by atoms with van der Waals surface area (Å²) in [5.74, 6) is 2.49. The van der Waals surface area contributed by atoms with E-state index in [-0.39, 0.29) is 0 Å². The molecule has 0 fully saturated rings. The molecule has 1 unspecified atom stereocenters. The van der Waals surface area contributed by atoms with E-state index in [0.717, 1.165) is 0 Å². The summed E-state index contributed by atoms with van der Waals surface area (Å²) in [5.41, 5.74) is 6.14. The third kappa shape index (κ3) is 2.38. The summed E-state index contributed by atoms with van der Waals surface area (Å²) in [6, 6.07) is 9.51. The second kappa shape index (κ2) is 5.51. The van der Waals surface area contributed by atoms with E-state index >= 15 is 0 Å². The Morgan fingerprint density at radius 3 is 2.80 bits per heavy atom. The molecule has 1 aromatic heterocycles. The summed E-state index contributed by atoms with van der Waals surface area (Å²) in [6.07, 6.45) is 5.12. The fourth-order valence-electron chi connectivity index (χ4n) is 3.21. The number of thiophene rings is 1. The molecule has 1 aromatic carbocycles. The van der Waals surface area contributed by atoms with Crippen LogP contribution in [0.3, 0.4) is 0 Å². The molecule has 0 saturated heterocycles. The molecule has 0 saturated carbocycles. The summed E-state index contributed by atoms with van der Waals surface area (Å²) in [5, 5.41) is 0. The minimum Gasteiger partial charge on any atom is -0.157 e. The Morgan fingerprint density at radius 2 is 1.90 bits per heavy atom. The Hall–Kier alpha value is -0.250. The predicted octanol–water partition coefficient (Wildman–Crippen LogP) is 5.51.